The van der Waals surface area contributed by atoms with E-state index in [2.05, 4.69) is 10.1 Å². The highest BCUT2D eigenvalue weighted by atomic mass is 32.1. The van der Waals surface area contributed by atoms with Crippen LogP contribution in [0.4, 0.5) is 8.78 Å². The molecule has 1 fully saturated rings. The molecule has 1 saturated carbocycles. The Morgan fingerprint density at radius 1 is 1.61 bits per heavy atom. The molecule has 0 bridgehead atoms. The zero-order chi connectivity index (χ0) is 13.2. The number of hydrogen-bond acceptors (Lipinski definition) is 4. The molecular formula is C11H13F2NO3S. The van der Waals surface area contributed by atoms with Crippen molar-refractivity contribution >= 4 is 17.2 Å². The standard InChI is InChI=1S/C11H13F2NO3S/c12-10(13)17-7-2-5-18-8(7)9(15)14-6-11(16)3-1-4-11/h2,5,10,16H,1,3-4,6H2,(H,14,15). The second-order valence-corrected chi connectivity index (χ2v) is 5.17. The van der Waals surface area contributed by atoms with Gasteiger partial charge in [-0.2, -0.15) is 8.78 Å². The topological polar surface area (TPSA) is 58.6 Å². The Morgan fingerprint density at radius 3 is 2.89 bits per heavy atom. The third-order valence-corrected chi connectivity index (χ3v) is 3.81. The third-order valence-electron chi connectivity index (χ3n) is 2.91. The molecule has 18 heavy (non-hydrogen) atoms. The summed E-state index contributed by atoms with van der Waals surface area (Å²) in [6, 6.07) is 1.32. The van der Waals surface area contributed by atoms with Crippen molar-refractivity contribution in [3.05, 3.63) is 16.3 Å². The Hall–Kier alpha value is -1.21. The van der Waals surface area contributed by atoms with Gasteiger partial charge in [-0.1, -0.05) is 0 Å². The van der Waals surface area contributed by atoms with Crippen LogP contribution in [-0.2, 0) is 0 Å². The minimum Gasteiger partial charge on any atom is -0.433 e. The highest BCUT2D eigenvalue weighted by Crippen LogP contribution is 2.31. The van der Waals surface area contributed by atoms with Gasteiger partial charge in [-0.15, -0.1) is 11.3 Å². The molecule has 1 aromatic heterocycles. The molecule has 0 saturated heterocycles. The number of alkyl halides is 2. The van der Waals surface area contributed by atoms with E-state index in [9.17, 15) is 18.7 Å². The molecule has 1 heterocycles. The van der Waals surface area contributed by atoms with Crippen molar-refractivity contribution in [1.29, 1.82) is 0 Å². The number of carbonyl (C=O) groups is 1. The fraction of sp³-hybridized carbons (Fsp3) is 0.545. The lowest BCUT2D eigenvalue weighted by Gasteiger charge is -2.36. The molecule has 1 aliphatic rings. The van der Waals surface area contributed by atoms with Crippen molar-refractivity contribution in [3.8, 4) is 5.75 Å². The van der Waals surface area contributed by atoms with Crippen LogP contribution < -0.4 is 10.1 Å². The minimum atomic E-state index is -2.96. The van der Waals surface area contributed by atoms with Gasteiger partial charge in [-0.25, -0.2) is 0 Å². The molecule has 0 atom stereocenters. The second-order valence-electron chi connectivity index (χ2n) is 4.25. The SMILES string of the molecule is O=C(NCC1(O)CCC1)c1sccc1OC(F)F. The first-order chi connectivity index (χ1) is 8.50. The van der Waals surface area contributed by atoms with E-state index in [1.54, 1.807) is 0 Å². The van der Waals surface area contributed by atoms with Gasteiger partial charge in [0.1, 0.15) is 10.6 Å². The maximum atomic E-state index is 12.1. The van der Waals surface area contributed by atoms with E-state index in [-0.39, 0.29) is 17.2 Å². The number of amides is 1. The third kappa shape index (κ3) is 2.97. The van der Waals surface area contributed by atoms with Crippen LogP contribution in [0.5, 0.6) is 5.75 Å². The van der Waals surface area contributed by atoms with Crippen molar-refractivity contribution < 1.29 is 23.4 Å². The Balaban J connectivity index is 1.94. The predicted molar refractivity (Wildman–Crippen MR) is 62.1 cm³/mol. The van der Waals surface area contributed by atoms with Crippen LogP contribution in [-0.4, -0.2) is 29.8 Å². The molecule has 0 aromatic carbocycles. The lowest BCUT2D eigenvalue weighted by molar-refractivity contribution is -0.0500. The molecule has 0 aliphatic heterocycles. The minimum absolute atomic E-state index is 0.0956. The molecule has 0 radical (unpaired) electrons. The maximum absolute atomic E-state index is 12.1. The molecule has 4 nitrogen and oxygen atoms in total. The number of nitrogens with one attached hydrogen (secondary N) is 1. The van der Waals surface area contributed by atoms with E-state index in [0.717, 1.165) is 17.8 Å². The van der Waals surface area contributed by atoms with Crippen molar-refractivity contribution in [2.45, 2.75) is 31.5 Å². The van der Waals surface area contributed by atoms with Crippen LogP contribution in [0.3, 0.4) is 0 Å². The molecular weight excluding hydrogens is 264 g/mol. The molecule has 0 unspecified atom stereocenters. The number of halogens is 2. The molecule has 0 spiro atoms. The number of rotatable bonds is 5. The lowest BCUT2D eigenvalue weighted by atomic mass is 9.80. The van der Waals surface area contributed by atoms with Gasteiger partial charge in [-0.05, 0) is 30.7 Å². The summed E-state index contributed by atoms with van der Waals surface area (Å²) in [7, 11) is 0. The van der Waals surface area contributed by atoms with Crippen molar-refractivity contribution in [2.75, 3.05) is 6.54 Å². The highest BCUT2D eigenvalue weighted by molar-refractivity contribution is 7.12. The van der Waals surface area contributed by atoms with E-state index in [1.807, 2.05) is 0 Å². The largest absolute Gasteiger partial charge is 0.433 e. The number of thiophene rings is 1. The Labute approximate surface area is 107 Å². The van der Waals surface area contributed by atoms with Gasteiger partial charge in [0.25, 0.3) is 5.91 Å². The molecule has 1 aliphatic carbocycles. The fourth-order valence-electron chi connectivity index (χ4n) is 1.74. The van der Waals surface area contributed by atoms with Gasteiger partial charge in [0.2, 0.25) is 0 Å². The van der Waals surface area contributed by atoms with Crippen LogP contribution in [0.2, 0.25) is 0 Å². The number of carbonyl (C=O) groups excluding carboxylic acids is 1. The summed E-state index contributed by atoms with van der Waals surface area (Å²) in [4.78, 5) is 11.9. The first-order valence-corrected chi connectivity index (χ1v) is 6.41. The van der Waals surface area contributed by atoms with Crippen LogP contribution >= 0.6 is 11.3 Å². The molecule has 2 N–H and O–H groups in total. The Morgan fingerprint density at radius 2 is 2.33 bits per heavy atom. The quantitative estimate of drug-likeness (QED) is 0.865. The fourth-order valence-corrected chi connectivity index (χ4v) is 2.48. The first kappa shape index (κ1) is 13.2. The summed E-state index contributed by atoms with van der Waals surface area (Å²) < 4.78 is 28.4. The zero-order valence-corrected chi connectivity index (χ0v) is 10.3. The van der Waals surface area contributed by atoms with Gasteiger partial charge in [0.05, 0.1) is 5.60 Å². The molecule has 100 valence electrons. The normalized spacial score (nSPS) is 17.3. The maximum Gasteiger partial charge on any atom is 0.387 e. The van der Waals surface area contributed by atoms with Crippen LogP contribution in [0.1, 0.15) is 28.9 Å². The van der Waals surface area contributed by atoms with Crippen LogP contribution in [0.15, 0.2) is 11.4 Å². The molecule has 7 heteroatoms. The molecule has 2 rings (SSSR count). The summed E-state index contributed by atoms with van der Waals surface area (Å²) in [5, 5.41) is 13.9. The first-order valence-electron chi connectivity index (χ1n) is 5.53. The molecule has 1 aromatic rings. The van der Waals surface area contributed by atoms with Gasteiger partial charge in [-0.3, -0.25) is 4.79 Å². The average Bonchev–Trinajstić information content (AvgIpc) is 2.70. The number of aliphatic hydroxyl groups is 1. The Kier molecular flexibility index (Phi) is 3.82. The van der Waals surface area contributed by atoms with Gasteiger partial charge >= 0.3 is 6.61 Å². The van der Waals surface area contributed by atoms with E-state index >= 15 is 0 Å². The Bertz CT molecular complexity index is 432. The summed E-state index contributed by atoms with van der Waals surface area (Å²) in [5.41, 5.74) is -0.837. The number of ether oxygens (including phenoxy) is 1. The lowest BCUT2D eigenvalue weighted by Crippen LogP contribution is -2.47. The summed E-state index contributed by atoms with van der Waals surface area (Å²) in [6.07, 6.45) is 2.24. The second kappa shape index (κ2) is 5.19. The van der Waals surface area contributed by atoms with E-state index in [0.29, 0.717) is 12.8 Å². The van der Waals surface area contributed by atoms with Gasteiger partial charge in [0, 0.05) is 6.54 Å². The van der Waals surface area contributed by atoms with Crippen molar-refractivity contribution in [1.82, 2.24) is 5.32 Å². The monoisotopic (exact) mass is 277 g/mol. The zero-order valence-electron chi connectivity index (χ0n) is 9.49. The highest BCUT2D eigenvalue weighted by Gasteiger charge is 2.34. The van der Waals surface area contributed by atoms with E-state index in [4.69, 9.17) is 0 Å². The average molecular weight is 277 g/mol. The van der Waals surface area contributed by atoms with E-state index < -0.39 is 18.1 Å². The van der Waals surface area contributed by atoms with Crippen molar-refractivity contribution in [2.24, 2.45) is 0 Å². The van der Waals surface area contributed by atoms with Crippen molar-refractivity contribution in [3.63, 3.8) is 0 Å². The number of hydrogen-bond donors (Lipinski definition) is 2. The van der Waals surface area contributed by atoms with Crippen LogP contribution in [0, 0.1) is 0 Å². The van der Waals surface area contributed by atoms with Gasteiger partial charge < -0.3 is 15.2 Å². The molecule has 1 amide bonds. The van der Waals surface area contributed by atoms with E-state index in [1.165, 1.54) is 11.4 Å². The van der Waals surface area contributed by atoms with Gasteiger partial charge in [0.15, 0.2) is 0 Å². The smallest absolute Gasteiger partial charge is 0.387 e. The van der Waals surface area contributed by atoms with Crippen LogP contribution in [0.25, 0.3) is 0 Å². The summed E-state index contributed by atoms with van der Waals surface area (Å²) in [5.74, 6) is -0.630. The summed E-state index contributed by atoms with van der Waals surface area (Å²) in [6.45, 7) is -2.82. The predicted octanol–water partition coefficient (Wildman–Crippen LogP) is 1.99. The summed E-state index contributed by atoms with van der Waals surface area (Å²) >= 11 is 1.02.